The summed E-state index contributed by atoms with van der Waals surface area (Å²) in [7, 11) is 0. The summed E-state index contributed by atoms with van der Waals surface area (Å²) in [4.78, 5) is 20.9. The van der Waals surface area contributed by atoms with Crippen LogP contribution in [-0.4, -0.2) is 34.1 Å². The highest BCUT2D eigenvalue weighted by Gasteiger charge is 2.18. The van der Waals surface area contributed by atoms with Crippen LogP contribution in [0.3, 0.4) is 0 Å². The summed E-state index contributed by atoms with van der Waals surface area (Å²) in [5.41, 5.74) is 8.77. The fraction of sp³-hybridized carbons (Fsp3) is 0.391. The molecule has 2 N–H and O–H groups in total. The van der Waals surface area contributed by atoms with E-state index in [1.807, 2.05) is 49.4 Å². The minimum Gasteiger partial charge on any atom is -0.322 e. The van der Waals surface area contributed by atoms with Crippen LogP contribution >= 0.6 is 0 Å². The topological polar surface area (TPSA) is 64.2 Å². The Morgan fingerprint density at radius 2 is 1.82 bits per heavy atom. The normalized spacial score (nSPS) is 15.9. The molecule has 1 aliphatic rings. The molecule has 2 aromatic carbocycles. The molecule has 28 heavy (non-hydrogen) atoms. The van der Waals surface area contributed by atoms with Crippen molar-refractivity contribution in [2.45, 2.75) is 38.6 Å². The number of para-hydroxylation sites is 1. The van der Waals surface area contributed by atoms with Crippen molar-refractivity contribution in [1.29, 1.82) is 0 Å². The predicted molar refractivity (Wildman–Crippen MR) is 114 cm³/mol. The molecule has 1 aliphatic heterocycles. The van der Waals surface area contributed by atoms with E-state index >= 15 is 0 Å². The molecule has 5 nitrogen and oxygen atoms in total. The van der Waals surface area contributed by atoms with Crippen LogP contribution in [0.2, 0.25) is 0 Å². The summed E-state index contributed by atoms with van der Waals surface area (Å²) in [6.45, 7) is 5.37. The maximum Gasteiger partial charge on any atom is 0.266 e. The van der Waals surface area contributed by atoms with Crippen molar-refractivity contribution in [2.75, 3.05) is 19.6 Å². The highest BCUT2D eigenvalue weighted by Crippen LogP contribution is 2.20. The van der Waals surface area contributed by atoms with Gasteiger partial charge >= 0.3 is 0 Å². The molecule has 4 rings (SSSR count). The van der Waals surface area contributed by atoms with E-state index in [4.69, 9.17) is 10.7 Å². The number of benzene rings is 2. The van der Waals surface area contributed by atoms with Crippen molar-refractivity contribution < 1.29 is 0 Å². The molecular formula is C23H28N4O. The molecule has 0 unspecified atom stereocenters. The van der Waals surface area contributed by atoms with Gasteiger partial charge in [0.1, 0.15) is 5.82 Å². The van der Waals surface area contributed by atoms with Gasteiger partial charge in [-0.25, -0.2) is 4.98 Å². The Hall–Kier alpha value is -2.50. The van der Waals surface area contributed by atoms with Gasteiger partial charge in [0.15, 0.2) is 0 Å². The molecular weight excluding hydrogens is 348 g/mol. The van der Waals surface area contributed by atoms with Crippen LogP contribution in [0.25, 0.3) is 16.6 Å². The van der Waals surface area contributed by atoms with Gasteiger partial charge in [-0.1, -0.05) is 30.3 Å². The Labute approximate surface area is 165 Å². The van der Waals surface area contributed by atoms with Crippen molar-refractivity contribution in [1.82, 2.24) is 14.5 Å². The van der Waals surface area contributed by atoms with Crippen molar-refractivity contribution in [3.63, 3.8) is 0 Å². The maximum atomic E-state index is 13.6. The van der Waals surface area contributed by atoms with Crippen molar-refractivity contribution in [3.05, 3.63) is 70.3 Å². The van der Waals surface area contributed by atoms with Gasteiger partial charge in [0, 0.05) is 0 Å². The molecule has 0 spiro atoms. The first kappa shape index (κ1) is 18.8. The average Bonchev–Trinajstić information content (AvgIpc) is 3.22. The van der Waals surface area contributed by atoms with E-state index in [0.29, 0.717) is 5.82 Å². The lowest BCUT2D eigenvalue weighted by Gasteiger charge is -2.18. The number of nitrogens with zero attached hydrogens (tertiary/aromatic N) is 3. The summed E-state index contributed by atoms with van der Waals surface area (Å²) in [5.74, 6) is 0.595. The number of aryl methyl sites for hydroxylation is 1. The number of hydrogen-bond acceptors (Lipinski definition) is 4. The number of aromatic nitrogens is 2. The zero-order valence-corrected chi connectivity index (χ0v) is 16.5. The van der Waals surface area contributed by atoms with Crippen molar-refractivity contribution in [3.8, 4) is 5.69 Å². The van der Waals surface area contributed by atoms with Gasteiger partial charge in [0.25, 0.3) is 5.56 Å². The first-order valence-corrected chi connectivity index (χ1v) is 10.2. The van der Waals surface area contributed by atoms with Gasteiger partial charge in [0.05, 0.1) is 22.6 Å². The van der Waals surface area contributed by atoms with Crippen LogP contribution in [0.4, 0.5) is 0 Å². The van der Waals surface area contributed by atoms with E-state index in [-0.39, 0.29) is 11.6 Å². The van der Waals surface area contributed by atoms with E-state index in [2.05, 4.69) is 11.0 Å². The molecule has 1 atom stereocenters. The molecule has 2 heterocycles. The van der Waals surface area contributed by atoms with Gasteiger partial charge in [-0.15, -0.1) is 0 Å². The number of nitrogens with two attached hydrogens (primary N) is 1. The monoisotopic (exact) mass is 376 g/mol. The van der Waals surface area contributed by atoms with Gasteiger partial charge in [0.2, 0.25) is 0 Å². The van der Waals surface area contributed by atoms with Gasteiger partial charge in [-0.3, -0.25) is 9.36 Å². The second-order valence-corrected chi connectivity index (χ2v) is 7.70. The Bertz CT molecular complexity index is 1000. The minimum absolute atomic E-state index is 0.0275. The van der Waals surface area contributed by atoms with Gasteiger partial charge in [-0.05, 0) is 76.0 Å². The lowest BCUT2D eigenvalue weighted by atomic mass is 10.0. The molecule has 0 saturated carbocycles. The summed E-state index contributed by atoms with van der Waals surface area (Å²) >= 11 is 0. The summed E-state index contributed by atoms with van der Waals surface area (Å²) in [6, 6.07) is 15.3. The van der Waals surface area contributed by atoms with E-state index < -0.39 is 0 Å². The Morgan fingerprint density at radius 3 is 2.54 bits per heavy atom. The van der Waals surface area contributed by atoms with E-state index in [1.54, 1.807) is 4.57 Å². The quantitative estimate of drug-likeness (QED) is 0.716. The third-order valence-electron chi connectivity index (χ3n) is 5.55. The Balaban J connectivity index is 1.76. The first-order valence-electron chi connectivity index (χ1n) is 10.2. The SMILES string of the molecule is C[C@H](N)c1nc2cccc(CCCN3CCCC3)c2c(=O)n1-c1ccccc1. The standard InChI is InChI=1S/C23H28N4O/c1-17(24)22-25-20-13-7-9-18(10-8-16-26-14-5-6-15-26)21(20)23(28)27(22)19-11-3-2-4-12-19/h2-4,7,9,11-13,17H,5-6,8,10,14-16,24H2,1H3/t17-/m0/s1. The van der Waals surface area contributed by atoms with Crippen molar-refractivity contribution >= 4 is 10.9 Å². The smallest absolute Gasteiger partial charge is 0.266 e. The highest BCUT2D eigenvalue weighted by molar-refractivity contribution is 5.81. The summed E-state index contributed by atoms with van der Waals surface area (Å²) in [6.07, 6.45) is 4.55. The Kier molecular flexibility index (Phi) is 5.55. The van der Waals surface area contributed by atoms with E-state index in [1.165, 1.54) is 25.9 Å². The summed E-state index contributed by atoms with van der Waals surface area (Å²) < 4.78 is 1.68. The molecule has 0 amide bonds. The molecule has 3 aromatic rings. The van der Waals surface area contributed by atoms with Crippen LogP contribution < -0.4 is 11.3 Å². The zero-order chi connectivity index (χ0) is 19.5. The number of rotatable bonds is 6. The highest BCUT2D eigenvalue weighted by atomic mass is 16.1. The lowest BCUT2D eigenvalue weighted by Crippen LogP contribution is -2.28. The second kappa shape index (κ2) is 8.25. The van der Waals surface area contributed by atoms with E-state index in [9.17, 15) is 4.79 Å². The van der Waals surface area contributed by atoms with Crippen LogP contribution in [0, 0.1) is 0 Å². The second-order valence-electron chi connectivity index (χ2n) is 7.70. The minimum atomic E-state index is -0.337. The molecule has 146 valence electrons. The largest absolute Gasteiger partial charge is 0.322 e. The molecule has 1 fully saturated rings. The van der Waals surface area contributed by atoms with Gasteiger partial charge in [-0.2, -0.15) is 0 Å². The number of hydrogen-bond donors (Lipinski definition) is 1. The molecule has 1 aromatic heterocycles. The average molecular weight is 377 g/mol. The molecule has 0 radical (unpaired) electrons. The van der Waals surface area contributed by atoms with E-state index in [0.717, 1.165) is 41.5 Å². The first-order chi connectivity index (χ1) is 13.6. The molecule has 1 saturated heterocycles. The van der Waals surface area contributed by atoms with Crippen LogP contribution in [0.15, 0.2) is 53.3 Å². The zero-order valence-electron chi connectivity index (χ0n) is 16.5. The van der Waals surface area contributed by atoms with Gasteiger partial charge < -0.3 is 10.6 Å². The van der Waals surface area contributed by atoms with Crippen LogP contribution in [0.1, 0.15) is 43.6 Å². The number of fused-ring (bicyclic) bond motifs is 1. The Morgan fingerprint density at radius 1 is 1.07 bits per heavy atom. The molecule has 0 aliphatic carbocycles. The van der Waals surface area contributed by atoms with Crippen molar-refractivity contribution in [2.24, 2.45) is 5.73 Å². The molecule has 0 bridgehead atoms. The fourth-order valence-electron chi connectivity index (χ4n) is 4.16. The third-order valence-corrected chi connectivity index (χ3v) is 5.55. The molecule has 5 heteroatoms. The third kappa shape index (κ3) is 3.73. The maximum absolute atomic E-state index is 13.6. The predicted octanol–water partition coefficient (Wildman–Crippen LogP) is 3.43. The number of likely N-dealkylation sites (tertiary alicyclic amines) is 1. The van der Waals surface area contributed by atoms with Crippen LogP contribution in [0.5, 0.6) is 0 Å². The fourth-order valence-corrected chi connectivity index (χ4v) is 4.16. The lowest BCUT2D eigenvalue weighted by molar-refractivity contribution is 0.334. The van der Waals surface area contributed by atoms with Crippen LogP contribution in [-0.2, 0) is 6.42 Å². The summed E-state index contributed by atoms with van der Waals surface area (Å²) in [5, 5.41) is 0.720.